The lowest BCUT2D eigenvalue weighted by molar-refractivity contribution is -0.133. The van der Waals surface area contributed by atoms with Crippen LogP contribution in [0.2, 0.25) is 0 Å². The molecule has 0 unspecified atom stereocenters. The molecule has 0 radical (unpaired) electrons. The SMILES string of the molecule is CN(C)c1cc([C@H]2CCCN2C(=O)Cn2cc(CO)nn2)ccn1. The lowest BCUT2D eigenvalue weighted by Gasteiger charge is -2.25. The van der Waals surface area contributed by atoms with Crippen molar-refractivity contribution in [3.8, 4) is 0 Å². The number of aliphatic hydroxyl groups excluding tert-OH is 1. The molecule has 8 heteroatoms. The summed E-state index contributed by atoms with van der Waals surface area (Å²) >= 11 is 0. The van der Waals surface area contributed by atoms with E-state index in [1.54, 1.807) is 12.4 Å². The van der Waals surface area contributed by atoms with Crippen LogP contribution in [0.1, 0.15) is 30.1 Å². The van der Waals surface area contributed by atoms with Crippen LogP contribution in [0.25, 0.3) is 0 Å². The van der Waals surface area contributed by atoms with E-state index >= 15 is 0 Å². The van der Waals surface area contributed by atoms with E-state index in [0.717, 1.165) is 30.8 Å². The van der Waals surface area contributed by atoms with Gasteiger partial charge in [0.05, 0.1) is 18.8 Å². The van der Waals surface area contributed by atoms with E-state index in [-0.39, 0.29) is 25.1 Å². The van der Waals surface area contributed by atoms with Gasteiger partial charge in [0.1, 0.15) is 18.1 Å². The predicted octanol–water partition coefficient (Wildman–Crippen LogP) is 0.595. The summed E-state index contributed by atoms with van der Waals surface area (Å²) in [7, 11) is 3.90. The van der Waals surface area contributed by atoms with Crippen LogP contribution >= 0.6 is 0 Å². The van der Waals surface area contributed by atoms with Crippen molar-refractivity contribution in [1.29, 1.82) is 0 Å². The molecule has 1 aliphatic heterocycles. The summed E-state index contributed by atoms with van der Waals surface area (Å²) in [5.41, 5.74) is 1.57. The number of carbonyl (C=O) groups excluding carboxylic acids is 1. The Morgan fingerprint density at radius 3 is 3.00 bits per heavy atom. The second-order valence-electron chi connectivity index (χ2n) is 6.15. The molecular weight excluding hydrogens is 308 g/mol. The van der Waals surface area contributed by atoms with Gasteiger partial charge < -0.3 is 14.9 Å². The summed E-state index contributed by atoms with van der Waals surface area (Å²) in [6.45, 7) is 0.699. The van der Waals surface area contributed by atoms with Crippen LogP contribution in [0.4, 0.5) is 5.82 Å². The molecule has 1 amide bonds. The predicted molar refractivity (Wildman–Crippen MR) is 88.2 cm³/mol. The Bertz CT molecular complexity index is 714. The molecule has 0 spiro atoms. The van der Waals surface area contributed by atoms with Crippen molar-refractivity contribution < 1.29 is 9.90 Å². The van der Waals surface area contributed by atoms with Gasteiger partial charge in [-0.15, -0.1) is 5.10 Å². The van der Waals surface area contributed by atoms with E-state index in [1.165, 1.54) is 4.68 Å². The second kappa shape index (κ2) is 6.96. The van der Waals surface area contributed by atoms with Gasteiger partial charge in [0.15, 0.2) is 0 Å². The van der Waals surface area contributed by atoms with Gasteiger partial charge in [0.2, 0.25) is 5.91 Å². The molecule has 3 rings (SSSR count). The third-order valence-electron chi connectivity index (χ3n) is 4.23. The second-order valence-corrected chi connectivity index (χ2v) is 6.15. The Labute approximate surface area is 140 Å². The lowest BCUT2D eigenvalue weighted by Crippen LogP contribution is -2.33. The van der Waals surface area contributed by atoms with Crippen LogP contribution in [0, 0.1) is 0 Å². The molecule has 24 heavy (non-hydrogen) atoms. The number of carbonyl (C=O) groups is 1. The van der Waals surface area contributed by atoms with Crippen molar-refractivity contribution in [1.82, 2.24) is 24.9 Å². The van der Waals surface area contributed by atoms with Crippen molar-refractivity contribution >= 4 is 11.7 Å². The molecule has 1 fully saturated rings. The van der Waals surface area contributed by atoms with Gasteiger partial charge in [0, 0.05) is 26.8 Å². The van der Waals surface area contributed by atoms with E-state index in [4.69, 9.17) is 5.11 Å². The fourth-order valence-corrected chi connectivity index (χ4v) is 3.02. The van der Waals surface area contributed by atoms with Crippen molar-refractivity contribution in [3.63, 3.8) is 0 Å². The van der Waals surface area contributed by atoms with Crippen LogP contribution in [0.3, 0.4) is 0 Å². The number of likely N-dealkylation sites (tertiary alicyclic amines) is 1. The van der Waals surface area contributed by atoms with Crippen molar-refractivity contribution in [2.24, 2.45) is 0 Å². The Kier molecular flexibility index (Phi) is 4.75. The van der Waals surface area contributed by atoms with Crippen molar-refractivity contribution in [2.45, 2.75) is 32.0 Å². The topological polar surface area (TPSA) is 87.4 Å². The van der Waals surface area contributed by atoms with E-state index < -0.39 is 0 Å². The first-order valence-electron chi connectivity index (χ1n) is 8.01. The fourth-order valence-electron chi connectivity index (χ4n) is 3.02. The van der Waals surface area contributed by atoms with Gasteiger partial charge in [0.25, 0.3) is 0 Å². The molecule has 0 bridgehead atoms. The molecule has 8 nitrogen and oxygen atoms in total. The summed E-state index contributed by atoms with van der Waals surface area (Å²) in [6.07, 6.45) is 5.31. The molecule has 1 N–H and O–H groups in total. The third kappa shape index (κ3) is 3.38. The zero-order valence-electron chi connectivity index (χ0n) is 14.0. The summed E-state index contributed by atoms with van der Waals surface area (Å²) < 4.78 is 1.47. The first kappa shape index (κ1) is 16.4. The van der Waals surface area contributed by atoms with Gasteiger partial charge in [-0.1, -0.05) is 5.21 Å². The van der Waals surface area contributed by atoms with Gasteiger partial charge in [-0.25, -0.2) is 9.67 Å². The highest BCUT2D eigenvalue weighted by Gasteiger charge is 2.30. The average Bonchev–Trinajstić information content (AvgIpc) is 3.23. The molecule has 1 atom stereocenters. The van der Waals surface area contributed by atoms with E-state index in [1.807, 2.05) is 36.0 Å². The summed E-state index contributed by atoms with van der Waals surface area (Å²) in [5.74, 6) is 0.894. The maximum absolute atomic E-state index is 12.7. The number of nitrogens with zero attached hydrogens (tertiary/aromatic N) is 6. The monoisotopic (exact) mass is 330 g/mol. The van der Waals surface area contributed by atoms with Gasteiger partial charge in [-0.3, -0.25) is 4.79 Å². The molecule has 3 heterocycles. The number of hydrogen-bond donors (Lipinski definition) is 1. The first-order chi connectivity index (χ1) is 11.6. The quantitative estimate of drug-likeness (QED) is 0.863. The van der Waals surface area contributed by atoms with E-state index in [2.05, 4.69) is 15.3 Å². The molecule has 2 aromatic heterocycles. The Morgan fingerprint density at radius 2 is 2.29 bits per heavy atom. The molecule has 0 aromatic carbocycles. The van der Waals surface area contributed by atoms with E-state index in [0.29, 0.717) is 5.69 Å². The normalized spacial score (nSPS) is 17.3. The molecule has 1 aliphatic rings. The standard InChI is InChI=1S/C16H22N6O2/c1-20(2)15-8-12(5-6-17-15)14-4-3-7-22(14)16(24)10-21-9-13(11-23)18-19-21/h5-6,8-9,14,23H,3-4,7,10-11H2,1-2H3/t14-/m1/s1. The largest absolute Gasteiger partial charge is 0.390 e. The number of anilines is 1. The number of rotatable bonds is 5. The molecule has 0 saturated carbocycles. The number of pyridine rings is 1. The molecule has 2 aromatic rings. The number of hydrogen-bond acceptors (Lipinski definition) is 6. The van der Waals surface area contributed by atoms with Crippen LogP contribution in [0.5, 0.6) is 0 Å². The minimum atomic E-state index is -0.176. The molecular formula is C16H22N6O2. The zero-order chi connectivity index (χ0) is 17.1. The van der Waals surface area contributed by atoms with Crippen molar-refractivity contribution in [3.05, 3.63) is 35.8 Å². The van der Waals surface area contributed by atoms with Gasteiger partial charge in [-0.2, -0.15) is 0 Å². The summed E-state index contributed by atoms with van der Waals surface area (Å²) in [6, 6.07) is 4.08. The molecule has 0 aliphatic carbocycles. The minimum Gasteiger partial charge on any atom is -0.390 e. The maximum Gasteiger partial charge on any atom is 0.244 e. The highest BCUT2D eigenvalue weighted by atomic mass is 16.3. The Balaban J connectivity index is 1.75. The average molecular weight is 330 g/mol. The minimum absolute atomic E-state index is 0.00936. The van der Waals surface area contributed by atoms with Crippen LogP contribution in [0.15, 0.2) is 24.5 Å². The lowest BCUT2D eigenvalue weighted by atomic mass is 10.1. The number of aliphatic hydroxyl groups is 1. The number of amides is 1. The highest BCUT2D eigenvalue weighted by Crippen LogP contribution is 2.33. The Morgan fingerprint density at radius 1 is 1.46 bits per heavy atom. The van der Waals surface area contributed by atoms with Gasteiger partial charge in [-0.05, 0) is 30.5 Å². The summed E-state index contributed by atoms with van der Waals surface area (Å²) in [4.78, 5) is 20.9. The van der Waals surface area contributed by atoms with Crippen LogP contribution in [-0.2, 0) is 17.9 Å². The molecule has 128 valence electrons. The maximum atomic E-state index is 12.7. The zero-order valence-corrected chi connectivity index (χ0v) is 14.0. The van der Waals surface area contributed by atoms with E-state index in [9.17, 15) is 4.79 Å². The third-order valence-corrected chi connectivity index (χ3v) is 4.23. The highest BCUT2D eigenvalue weighted by molar-refractivity contribution is 5.76. The fraction of sp³-hybridized carbons (Fsp3) is 0.500. The first-order valence-corrected chi connectivity index (χ1v) is 8.01. The molecule has 1 saturated heterocycles. The summed E-state index contributed by atoms with van der Waals surface area (Å²) in [5, 5.41) is 16.7. The smallest absolute Gasteiger partial charge is 0.244 e. The Hall–Kier alpha value is -2.48. The van der Waals surface area contributed by atoms with Crippen LogP contribution < -0.4 is 4.90 Å². The number of aromatic nitrogens is 4. The van der Waals surface area contributed by atoms with Crippen LogP contribution in [-0.4, -0.2) is 56.5 Å². The van der Waals surface area contributed by atoms with Gasteiger partial charge >= 0.3 is 0 Å². The van der Waals surface area contributed by atoms with Crippen molar-refractivity contribution in [2.75, 3.05) is 25.5 Å².